The second-order valence-corrected chi connectivity index (χ2v) is 4.48. The summed E-state index contributed by atoms with van der Waals surface area (Å²) < 4.78 is 15.7. The van der Waals surface area contributed by atoms with Crippen LogP contribution in [0.2, 0.25) is 0 Å². The third-order valence-electron chi connectivity index (χ3n) is 3.15. The van der Waals surface area contributed by atoms with E-state index in [0.29, 0.717) is 28.4 Å². The molecule has 0 aliphatic rings. The molecule has 0 bridgehead atoms. The monoisotopic (exact) mass is 314 g/mol. The number of hydrogen-bond donors (Lipinski definition) is 1. The molecular formula is C17H18N2O4. The van der Waals surface area contributed by atoms with E-state index in [-0.39, 0.29) is 5.91 Å². The highest BCUT2D eigenvalue weighted by Gasteiger charge is 2.11. The Kier molecular flexibility index (Phi) is 5.57. The first-order valence-corrected chi connectivity index (χ1v) is 6.88. The molecule has 0 saturated heterocycles. The van der Waals surface area contributed by atoms with Crippen molar-refractivity contribution in [1.29, 1.82) is 0 Å². The molecule has 6 heteroatoms. The van der Waals surface area contributed by atoms with Crippen molar-refractivity contribution in [2.24, 2.45) is 5.10 Å². The zero-order valence-electron chi connectivity index (χ0n) is 13.2. The number of benzene rings is 2. The largest absolute Gasteiger partial charge is 0.496 e. The van der Waals surface area contributed by atoms with E-state index in [1.165, 1.54) is 13.3 Å². The molecule has 2 aromatic rings. The predicted molar refractivity (Wildman–Crippen MR) is 87.6 cm³/mol. The average Bonchev–Trinajstić information content (AvgIpc) is 2.61. The van der Waals surface area contributed by atoms with E-state index < -0.39 is 0 Å². The summed E-state index contributed by atoms with van der Waals surface area (Å²) in [5.74, 6) is 1.26. The lowest BCUT2D eigenvalue weighted by Crippen LogP contribution is -2.18. The van der Waals surface area contributed by atoms with Crippen molar-refractivity contribution in [3.05, 3.63) is 53.6 Å². The van der Waals surface area contributed by atoms with Gasteiger partial charge in [0.2, 0.25) is 0 Å². The molecule has 0 atom stereocenters. The molecule has 23 heavy (non-hydrogen) atoms. The summed E-state index contributed by atoms with van der Waals surface area (Å²) in [6.45, 7) is 0. The van der Waals surface area contributed by atoms with E-state index in [1.54, 1.807) is 50.6 Å². The van der Waals surface area contributed by atoms with Crippen LogP contribution in [-0.2, 0) is 0 Å². The minimum atomic E-state index is -0.361. The fraction of sp³-hybridized carbons (Fsp3) is 0.176. The fourth-order valence-corrected chi connectivity index (χ4v) is 2.07. The number of carbonyl (C=O) groups excluding carboxylic acids is 1. The van der Waals surface area contributed by atoms with Crippen LogP contribution in [0.3, 0.4) is 0 Å². The number of para-hydroxylation sites is 2. The van der Waals surface area contributed by atoms with Gasteiger partial charge in [-0.05, 0) is 24.3 Å². The minimum Gasteiger partial charge on any atom is -0.496 e. The lowest BCUT2D eigenvalue weighted by Gasteiger charge is -2.09. The second kappa shape index (κ2) is 7.84. The maximum Gasteiger partial charge on any atom is 0.275 e. The number of methoxy groups -OCH3 is 3. The third kappa shape index (κ3) is 3.79. The molecular weight excluding hydrogens is 296 g/mol. The molecule has 6 nitrogen and oxygen atoms in total. The summed E-state index contributed by atoms with van der Waals surface area (Å²) in [6.07, 6.45) is 1.49. The highest BCUT2D eigenvalue weighted by Crippen LogP contribution is 2.29. The molecule has 0 aliphatic carbocycles. The van der Waals surface area contributed by atoms with Gasteiger partial charge in [0.05, 0.1) is 33.1 Å². The second-order valence-electron chi connectivity index (χ2n) is 4.48. The smallest absolute Gasteiger partial charge is 0.275 e. The molecule has 0 spiro atoms. The number of nitrogens with one attached hydrogen (secondary N) is 1. The first-order chi connectivity index (χ1) is 11.2. The standard InChI is InChI=1S/C17H18N2O4/c1-21-14-9-5-4-8-13(14)17(20)19-18-11-12-7-6-10-15(22-2)16(12)23-3/h4-11H,1-3H3,(H,19,20)/b18-11-. The quantitative estimate of drug-likeness (QED) is 0.657. The lowest BCUT2D eigenvalue weighted by atomic mass is 10.2. The Morgan fingerprint density at radius 1 is 0.957 bits per heavy atom. The maximum atomic E-state index is 12.1. The summed E-state index contributed by atoms with van der Waals surface area (Å²) in [6, 6.07) is 12.3. The van der Waals surface area contributed by atoms with E-state index in [1.807, 2.05) is 6.07 Å². The zero-order valence-corrected chi connectivity index (χ0v) is 13.2. The first kappa shape index (κ1) is 16.4. The summed E-state index contributed by atoms with van der Waals surface area (Å²) in [7, 11) is 4.61. The predicted octanol–water partition coefficient (Wildman–Crippen LogP) is 2.48. The van der Waals surface area contributed by atoms with Gasteiger partial charge in [-0.1, -0.05) is 18.2 Å². The summed E-state index contributed by atoms with van der Waals surface area (Å²) in [4.78, 5) is 12.1. The van der Waals surface area contributed by atoms with Gasteiger partial charge in [-0.3, -0.25) is 4.79 Å². The molecule has 1 amide bonds. The van der Waals surface area contributed by atoms with Gasteiger partial charge in [0, 0.05) is 5.56 Å². The van der Waals surface area contributed by atoms with Crippen LogP contribution in [0.25, 0.3) is 0 Å². The van der Waals surface area contributed by atoms with E-state index in [9.17, 15) is 4.79 Å². The van der Waals surface area contributed by atoms with Gasteiger partial charge in [0.15, 0.2) is 11.5 Å². The summed E-state index contributed by atoms with van der Waals surface area (Å²) in [5, 5.41) is 3.96. The Bertz CT molecular complexity index is 713. The normalized spacial score (nSPS) is 10.4. The van der Waals surface area contributed by atoms with Crippen LogP contribution in [0.15, 0.2) is 47.6 Å². The number of ether oxygens (including phenoxy) is 3. The Morgan fingerprint density at radius 2 is 1.65 bits per heavy atom. The molecule has 0 fully saturated rings. The number of rotatable bonds is 6. The molecule has 0 radical (unpaired) electrons. The lowest BCUT2D eigenvalue weighted by molar-refractivity contribution is 0.0952. The van der Waals surface area contributed by atoms with Gasteiger partial charge in [-0.25, -0.2) is 5.43 Å². The van der Waals surface area contributed by atoms with Crippen LogP contribution in [0, 0.1) is 0 Å². The first-order valence-electron chi connectivity index (χ1n) is 6.88. The Morgan fingerprint density at radius 3 is 2.35 bits per heavy atom. The molecule has 120 valence electrons. The van der Waals surface area contributed by atoms with Crippen molar-refractivity contribution in [2.45, 2.75) is 0 Å². The van der Waals surface area contributed by atoms with E-state index in [2.05, 4.69) is 10.5 Å². The van der Waals surface area contributed by atoms with E-state index in [4.69, 9.17) is 14.2 Å². The SMILES string of the molecule is COc1ccccc1C(=O)N/N=C\c1cccc(OC)c1OC. The highest BCUT2D eigenvalue weighted by atomic mass is 16.5. The van der Waals surface area contributed by atoms with Crippen LogP contribution in [0.4, 0.5) is 0 Å². The Balaban J connectivity index is 2.14. The van der Waals surface area contributed by atoms with E-state index >= 15 is 0 Å². The number of amides is 1. The van der Waals surface area contributed by atoms with Gasteiger partial charge in [0.25, 0.3) is 5.91 Å². The van der Waals surface area contributed by atoms with Crippen LogP contribution < -0.4 is 19.6 Å². The molecule has 2 rings (SSSR count). The summed E-state index contributed by atoms with van der Waals surface area (Å²) in [5.41, 5.74) is 3.56. The van der Waals surface area contributed by atoms with Crippen molar-refractivity contribution in [2.75, 3.05) is 21.3 Å². The molecule has 0 aliphatic heterocycles. The van der Waals surface area contributed by atoms with Crippen molar-refractivity contribution in [3.8, 4) is 17.2 Å². The maximum absolute atomic E-state index is 12.1. The third-order valence-corrected chi connectivity index (χ3v) is 3.15. The molecule has 0 aromatic heterocycles. The Hall–Kier alpha value is -3.02. The van der Waals surface area contributed by atoms with Crippen LogP contribution in [-0.4, -0.2) is 33.5 Å². The fourth-order valence-electron chi connectivity index (χ4n) is 2.07. The van der Waals surface area contributed by atoms with E-state index in [0.717, 1.165) is 0 Å². The number of carbonyl (C=O) groups is 1. The van der Waals surface area contributed by atoms with Crippen molar-refractivity contribution in [1.82, 2.24) is 5.43 Å². The van der Waals surface area contributed by atoms with Crippen LogP contribution in [0.5, 0.6) is 17.2 Å². The van der Waals surface area contributed by atoms with Gasteiger partial charge < -0.3 is 14.2 Å². The van der Waals surface area contributed by atoms with Crippen LogP contribution >= 0.6 is 0 Å². The Labute approximate surface area is 134 Å². The van der Waals surface area contributed by atoms with Gasteiger partial charge in [-0.2, -0.15) is 5.10 Å². The van der Waals surface area contributed by atoms with Crippen molar-refractivity contribution < 1.29 is 19.0 Å². The summed E-state index contributed by atoms with van der Waals surface area (Å²) >= 11 is 0. The van der Waals surface area contributed by atoms with Crippen molar-refractivity contribution >= 4 is 12.1 Å². The zero-order chi connectivity index (χ0) is 16.7. The molecule has 1 N–H and O–H groups in total. The van der Waals surface area contributed by atoms with Gasteiger partial charge >= 0.3 is 0 Å². The molecule has 2 aromatic carbocycles. The van der Waals surface area contributed by atoms with Crippen LogP contribution in [0.1, 0.15) is 15.9 Å². The van der Waals surface area contributed by atoms with Crippen molar-refractivity contribution in [3.63, 3.8) is 0 Å². The topological polar surface area (TPSA) is 69.2 Å². The molecule has 0 unspecified atom stereocenters. The van der Waals surface area contributed by atoms with Gasteiger partial charge in [-0.15, -0.1) is 0 Å². The van der Waals surface area contributed by atoms with Gasteiger partial charge in [0.1, 0.15) is 5.75 Å². The number of nitrogens with zero attached hydrogens (tertiary/aromatic N) is 1. The minimum absolute atomic E-state index is 0.361. The highest BCUT2D eigenvalue weighted by molar-refractivity contribution is 5.97. The molecule has 0 saturated carbocycles. The average molecular weight is 314 g/mol. The molecule has 0 heterocycles. The number of hydrogen-bond acceptors (Lipinski definition) is 5. The number of hydrazone groups is 1.